The Morgan fingerprint density at radius 2 is 2.17 bits per heavy atom. The molecule has 12 heavy (non-hydrogen) atoms. The first-order chi connectivity index (χ1) is 5.70. The van der Waals surface area contributed by atoms with Gasteiger partial charge in [0.15, 0.2) is 0 Å². The number of carbonyl (C=O) groups is 1. The molecule has 0 amide bonds. The summed E-state index contributed by atoms with van der Waals surface area (Å²) in [6.07, 6.45) is 1.74. The molecule has 0 aromatic heterocycles. The molecule has 0 radical (unpaired) electrons. The van der Waals surface area contributed by atoms with Crippen molar-refractivity contribution in [3.8, 4) is 0 Å². The van der Waals surface area contributed by atoms with E-state index in [2.05, 4.69) is 0 Å². The molecule has 0 fully saturated rings. The maximum absolute atomic E-state index is 10.6. The zero-order chi connectivity index (χ0) is 9.14. The van der Waals surface area contributed by atoms with Crippen molar-refractivity contribution in [3.63, 3.8) is 0 Å². The quantitative estimate of drug-likeness (QED) is 0.535. The highest BCUT2D eigenvalue weighted by molar-refractivity contribution is 5.79. The standard InChI is InChI=1S/C10H13NO/c1-3-9-7(2)8(6-12)4-5-10(9)11/h4-6H,3,11H2,1-2H3. The predicted molar refractivity (Wildman–Crippen MR) is 50.4 cm³/mol. The average Bonchev–Trinajstić information content (AvgIpc) is 2.06. The van der Waals surface area contributed by atoms with E-state index >= 15 is 0 Å². The van der Waals surface area contributed by atoms with E-state index in [9.17, 15) is 4.79 Å². The molecule has 1 aromatic carbocycles. The third-order valence-electron chi connectivity index (χ3n) is 2.16. The lowest BCUT2D eigenvalue weighted by Crippen LogP contribution is -1.99. The van der Waals surface area contributed by atoms with Crippen LogP contribution < -0.4 is 5.73 Å². The SMILES string of the molecule is CCc1c(N)ccc(C=O)c1C. The molecule has 2 heteroatoms. The van der Waals surface area contributed by atoms with Crippen molar-refractivity contribution in [2.24, 2.45) is 0 Å². The fraction of sp³-hybridized carbons (Fsp3) is 0.300. The van der Waals surface area contributed by atoms with Gasteiger partial charge in [0.25, 0.3) is 0 Å². The van der Waals surface area contributed by atoms with Crippen LogP contribution in [0.4, 0.5) is 5.69 Å². The van der Waals surface area contributed by atoms with E-state index in [4.69, 9.17) is 5.73 Å². The normalized spacial score (nSPS) is 9.83. The van der Waals surface area contributed by atoms with Gasteiger partial charge in [-0.2, -0.15) is 0 Å². The first kappa shape index (κ1) is 8.78. The van der Waals surface area contributed by atoms with E-state index in [1.807, 2.05) is 13.8 Å². The van der Waals surface area contributed by atoms with E-state index in [-0.39, 0.29) is 0 Å². The van der Waals surface area contributed by atoms with Crippen LogP contribution in [0.3, 0.4) is 0 Å². The van der Waals surface area contributed by atoms with Crippen molar-refractivity contribution >= 4 is 12.0 Å². The zero-order valence-electron chi connectivity index (χ0n) is 7.42. The van der Waals surface area contributed by atoms with E-state index in [0.717, 1.165) is 35.1 Å². The molecule has 0 atom stereocenters. The van der Waals surface area contributed by atoms with E-state index in [1.165, 1.54) is 0 Å². The highest BCUT2D eigenvalue weighted by atomic mass is 16.1. The van der Waals surface area contributed by atoms with Crippen LogP contribution in [0.2, 0.25) is 0 Å². The van der Waals surface area contributed by atoms with Gasteiger partial charge in [-0.3, -0.25) is 4.79 Å². The molecule has 0 saturated heterocycles. The van der Waals surface area contributed by atoms with Gasteiger partial charge >= 0.3 is 0 Å². The molecule has 2 nitrogen and oxygen atoms in total. The molecule has 64 valence electrons. The summed E-state index contributed by atoms with van der Waals surface area (Å²) in [6.45, 7) is 3.96. The maximum Gasteiger partial charge on any atom is 0.150 e. The molecule has 0 heterocycles. The molecule has 1 rings (SSSR count). The summed E-state index contributed by atoms with van der Waals surface area (Å²) < 4.78 is 0. The molecule has 0 aliphatic rings. The van der Waals surface area contributed by atoms with Gasteiger partial charge in [0, 0.05) is 11.3 Å². The summed E-state index contributed by atoms with van der Waals surface area (Å²) in [4.78, 5) is 10.6. The highest BCUT2D eigenvalue weighted by Crippen LogP contribution is 2.19. The first-order valence-corrected chi connectivity index (χ1v) is 4.03. The second kappa shape index (κ2) is 3.39. The van der Waals surface area contributed by atoms with Crippen molar-refractivity contribution in [1.29, 1.82) is 0 Å². The maximum atomic E-state index is 10.6. The average molecular weight is 163 g/mol. The van der Waals surface area contributed by atoms with Crippen LogP contribution >= 0.6 is 0 Å². The van der Waals surface area contributed by atoms with Crippen LogP contribution in [-0.4, -0.2) is 6.29 Å². The smallest absolute Gasteiger partial charge is 0.150 e. The summed E-state index contributed by atoms with van der Waals surface area (Å²) in [5.74, 6) is 0. The van der Waals surface area contributed by atoms with E-state index < -0.39 is 0 Å². The fourth-order valence-corrected chi connectivity index (χ4v) is 1.39. The summed E-state index contributed by atoms with van der Waals surface area (Å²) in [7, 11) is 0. The second-order valence-corrected chi connectivity index (χ2v) is 2.82. The topological polar surface area (TPSA) is 43.1 Å². The molecule has 0 saturated carbocycles. The highest BCUT2D eigenvalue weighted by Gasteiger charge is 2.04. The van der Waals surface area contributed by atoms with Crippen LogP contribution in [0.1, 0.15) is 28.4 Å². The molecular formula is C10H13NO. The Morgan fingerprint density at radius 1 is 1.50 bits per heavy atom. The fourth-order valence-electron chi connectivity index (χ4n) is 1.39. The molecule has 2 N–H and O–H groups in total. The number of hydrogen-bond acceptors (Lipinski definition) is 2. The minimum Gasteiger partial charge on any atom is -0.398 e. The number of rotatable bonds is 2. The number of hydrogen-bond donors (Lipinski definition) is 1. The molecule has 0 aliphatic heterocycles. The first-order valence-electron chi connectivity index (χ1n) is 4.03. The Morgan fingerprint density at radius 3 is 2.67 bits per heavy atom. The van der Waals surface area contributed by atoms with E-state index in [0.29, 0.717) is 0 Å². The number of aldehydes is 1. The zero-order valence-corrected chi connectivity index (χ0v) is 7.42. The largest absolute Gasteiger partial charge is 0.398 e. The third kappa shape index (κ3) is 1.33. The van der Waals surface area contributed by atoms with Crippen molar-refractivity contribution in [3.05, 3.63) is 28.8 Å². The monoisotopic (exact) mass is 163 g/mol. The predicted octanol–water partition coefficient (Wildman–Crippen LogP) is 1.95. The molecule has 0 spiro atoms. The number of nitrogens with two attached hydrogens (primary N) is 1. The number of benzene rings is 1. The molecular weight excluding hydrogens is 150 g/mol. The number of anilines is 1. The summed E-state index contributed by atoms with van der Waals surface area (Å²) in [5.41, 5.74) is 9.34. The van der Waals surface area contributed by atoms with Crippen molar-refractivity contribution in [2.75, 3.05) is 5.73 Å². The lowest BCUT2D eigenvalue weighted by atomic mass is 9.99. The molecule has 0 bridgehead atoms. The molecule has 0 aliphatic carbocycles. The van der Waals surface area contributed by atoms with Crippen LogP contribution in [0.5, 0.6) is 0 Å². The van der Waals surface area contributed by atoms with Gasteiger partial charge in [-0.15, -0.1) is 0 Å². The van der Waals surface area contributed by atoms with Crippen molar-refractivity contribution < 1.29 is 4.79 Å². The van der Waals surface area contributed by atoms with Crippen molar-refractivity contribution in [1.82, 2.24) is 0 Å². The summed E-state index contributed by atoms with van der Waals surface area (Å²) in [5, 5.41) is 0. The number of nitrogen functional groups attached to an aromatic ring is 1. The van der Waals surface area contributed by atoms with Crippen molar-refractivity contribution in [2.45, 2.75) is 20.3 Å². The van der Waals surface area contributed by atoms with Crippen LogP contribution in [0.15, 0.2) is 12.1 Å². The van der Waals surface area contributed by atoms with Gasteiger partial charge in [0.1, 0.15) is 6.29 Å². The Bertz CT molecular complexity index is 305. The third-order valence-corrected chi connectivity index (χ3v) is 2.16. The lowest BCUT2D eigenvalue weighted by molar-refractivity contribution is 0.112. The minimum absolute atomic E-state index is 0.737. The van der Waals surface area contributed by atoms with Crippen LogP contribution in [0, 0.1) is 6.92 Å². The van der Waals surface area contributed by atoms with E-state index in [1.54, 1.807) is 12.1 Å². The van der Waals surface area contributed by atoms with Gasteiger partial charge in [-0.05, 0) is 36.6 Å². The van der Waals surface area contributed by atoms with Crippen LogP contribution in [0.25, 0.3) is 0 Å². The Kier molecular flexibility index (Phi) is 2.48. The van der Waals surface area contributed by atoms with Gasteiger partial charge in [0.2, 0.25) is 0 Å². The summed E-state index contributed by atoms with van der Waals surface area (Å²) in [6, 6.07) is 3.55. The second-order valence-electron chi connectivity index (χ2n) is 2.82. The van der Waals surface area contributed by atoms with Gasteiger partial charge in [-0.25, -0.2) is 0 Å². The van der Waals surface area contributed by atoms with Gasteiger partial charge in [0.05, 0.1) is 0 Å². The lowest BCUT2D eigenvalue weighted by Gasteiger charge is -2.08. The Balaban J connectivity index is 3.33. The minimum atomic E-state index is 0.737. The van der Waals surface area contributed by atoms with Crippen LogP contribution in [-0.2, 0) is 6.42 Å². The number of carbonyl (C=O) groups excluding carboxylic acids is 1. The van der Waals surface area contributed by atoms with Gasteiger partial charge < -0.3 is 5.73 Å². The summed E-state index contributed by atoms with van der Waals surface area (Å²) >= 11 is 0. The Hall–Kier alpha value is -1.31. The Labute approximate surface area is 72.4 Å². The molecule has 0 unspecified atom stereocenters. The molecule has 1 aromatic rings. The van der Waals surface area contributed by atoms with Gasteiger partial charge in [-0.1, -0.05) is 6.92 Å².